The molecular weight excluding hydrogens is 316 g/mol. The van der Waals surface area contributed by atoms with Crippen LogP contribution in [0.15, 0.2) is 0 Å². The quantitative estimate of drug-likeness (QED) is 0.528. The molecule has 4 fully saturated rings. The number of rotatable bonds is 3. The lowest BCUT2D eigenvalue weighted by molar-refractivity contribution is -0.164. The minimum atomic E-state index is 0.375. The molecule has 0 heterocycles. The summed E-state index contributed by atoms with van der Waals surface area (Å²) < 4.78 is 0. The zero-order chi connectivity index (χ0) is 18.7. The van der Waals surface area contributed by atoms with Gasteiger partial charge in [0.05, 0.1) is 0 Å². The average molecular weight is 359 g/mol. The van der Waals surface area contributed by atoms with E-state index in [2.05, 4.69) is 27.7 Å². The number of carbonyl (C=O) groups excluding carboxylic acids is 1. The number of Topliss-reactive ketones (excluding diaryl/α,β-unsaturated/α-hetero) is 1. The Morgan fingerprint density at radius 2 is 1.69 bits per heavy atom. The van der Waals surface area contributed by atoms with Gasteiger partial charge in [-0.05, 0) is 111 Å². The first-order valence-corrected chi connectivity index (χ1v) is 11.7. The minimum absolute atomic E-state index is 0.375. The maximum Gasteiger partial charge on any atom is 0.129 e. The fourth-order valence-electron chi connectivity index (χ4n) is 8.96. The molecule has 0 amide bonds. The van der Waals surface area contributed by atoms with Crippen molar-refractivity contribution >= 4 is 5.78 Å². The maximum atomic E-state index is 11.8. The van der Waals surface area contributed by atoms with Crippen LogP contribution in [-0.2, 0) is 4.79 Å². The van der Waals surface area contributed by atoms with Crippen LogP contribution in [0.4, 0.5) is 0 Å². The molecule has 0 aliphatic heterocycles. The molecule has 0 spiro atoms. The second-order valence-corrected chi connectivity index (χ2v) is 11.7. The van der Waals surface area contributed by atoms with E-state index in [4.69, 9.17) is 0 Å². The highest BCUT2D eigenvalue weighted by Crippen LogP contribution is 2.70. The van der Waals surface area contributed by atoms with Crippen LogP contribution >= 0.6 is 0 Å². The summed E-state index contributed by atoms with van der Waals surface area (Å²) in [6, 6.07) is 0. The van der Waals surface area contributed by atoms with E-state index < -0.39 is 0 Å². The lowest BCUT2D eigenvalue weighted by Crippen LogP contribution is -2.58. The van der Waals surface area contributed by atoms with E-state index in [1.165, 1.54) is 57.8 Å². The lowest BCUT2D eigenvalue weighted by Gasteiger charge is -2.65. The molecule has 4 saturated carbocycles. The summed E-state index contributed by atoms with van der Waals surface area (Å²) >= 11 is 0. The Bertz CT molecular complexity index is 567. The zero-order valence-electron chi connectivity index (χ0n) is 18.1. The molecule has 8 atom stereocenters. The molecule has 0 radical (unpaired) electrons. The van der Waals surface area contributed by atoms with E-state index in [9.17, 15) is 4.79 Å². The Morgan fingerprint density at radius 1 is 0.923 bits per heavy atom. The molecule has 0 aromatic rings. The number of fused-ring (bicyclic) bond motifs is 5. The number of hydrogen-bond acceptors (Lipinski definition) is 1. The summed E-state index contributed by atoms with van der Waals surface area (Å²) in [5, 5.41) is 0. The van der Waals surface area contributed by atoms with Gasteiger partial charge in [0.25, 0.3) is 0 Å². The first kappa shape index (κ1) is 19.0. The molecule has 0 bridgehead atoms. The van der Waals surface area contributed by atoms with Crippen LogP contribution < -0.4 is 0 Å². The van der Waals surface area contributed by atoms with Crippen LogP contribution in [0.1, 0.15) is 105 Å². The van der Waals surface area contributed by atoms with Gasteiger partial charge in [0.15, 0.2) is 0 Å². The Hall–Kier alpha value is -0.330. The van der Waals surface area contributed by atoms with Crippen molar-refractivity contribution in [3.8, 4) is 0 Å². The maximum absolute atomic E-state index is 11.8. The molecule has 4 aliphatic carbocycles. The molecule has 0 saturated heterocycles. The summed E-state index contributed by atoms with van der Waals surface area (Å²) in [6.45, 7) is 12.1. The van der Waals surface area contributed by atoms with Crippen molar-refractivity contribution in [3.63, 3.8) is 0 Å². The van der Waals surface area contributed by atoms with Crippen LogP contribution in [0.2, 0.25) is 0 Å². The molecule has 4 rings (SSSR count). The lowest BCUT2D eigenvalue weighted by atomic mass is 9.39. The molecule has 0 aromatic carbocycles. The monoisotopic (exact) mass is 358 g/mol. The second kappa shape index (κ2) is 6.35. The first-order chi connectivity index (χ1) is 12.2. The Kier molecular flexibility index (Phi) is 4.64. The fourth-order valence-corrected chi connectivity index (χ4v) is 8.96. The van der Waals surface area contributed by atoms with E-state index in [0.717, 1.165) is 42.4 Å². The molecule has 8 unspecified atom stereocenters. The van der Waals surface area contributed by atoms with Crippen LogP contribution in [0.25, 0.3) is 0 Å². The van der Waals surface area contributed by atoms with E-state index in [1.54, 1.807) is 6.92 Å². The molecule has 148 valence electrons. The summed E-state index contributed by atoms with van der Waals surface area (Å²) in [5.74, 6) is 4.98. The highest BCUT2D eigenvalue weighted by molar-refractivity contribution is 5.75. The van der Waals surface area contributed by atoms with Gasteiger partial charge in [-0.15, -0.1) is 0 Å². The SMILES string of the molecule is CC(=O)CCC1(C)C(C)CCC2(C)C3CCC4(C)CCCC4C3CCC12. The van der Waals surface area contributed by atoms with Crippen molar-refractivity contribution in [2.24, 2.45) is 45.8 Å². The van der Waals surface area contributed by atoms with Gasteiger partial charge in [0, 0.05) is 6.42 Å². The third-order valence-electron chi connectivity index (χ3n) is 10.7. The van der Waals surface area contributed by atoms with Gasteiger partial charge < -0.3 is 4.79 Å². The van der Waals surface area contributed by atoms with Gasteiger partial charge in [0.1, 0.15) is 5.78 Å². The minimum Gasteiger partial charge on any atom is -0.300 e. The van der Waals surface area contributed by atoms with Gasteiger partial charge in [-0.3, -0.25) is 0 Å². The molecule has 0 N–H and O–H groups in total. The molecule has 1 heteroatoms. The van der Waals surface area contributed by atoms with Crippen LogP contribution in [-0.4, -0.2) is 5.78 Å². The Balaban J connectivity index is 1.63. The van der Waals surface area contributed by atoms with Crippen molar-refractivity contribution in [1.29, 1.82) is 0 Å². The van der Waals surface area contributed by atoms with Crippen molar-refractivity contribution in [3.05, 3.63) is 0 Å². The molecule has 26 heavy (non-hydrogen) atoms. The third-order valence-corrected chi connectivity index (χ3v) is 10.7. The molecule has 0 aromatic heterocycles. The Morgan fingerprint density at radius 3 is 2.42 bits per heavy atom. The van der Waals surface area contributed by atoms with Gasteiger partial charge in [-0.25, -0.2) is 0 Å². The van der Waals surface area contributed by atoms with Crippen molar-refractivity contribution in [2.75, 3.05) is 0 Å². The number of hydrogen-bond donors (Lipinski definition) is 0. The van der Waals surface area contributed by atoms with E-state index in [1.807, 2.05) is 0 Å². The summed E-state index contributed by atoms with van der Waals surface area (Å²) in [4.78, 5) is 11.8. The molecular formula is C25H42O. The van der Waals surface area contributed by atoms with Crippen LogP contribution in [0.3, 0.4) is 0 Å². The van der Waals surface area contributed by atoms with Gasteiger partial charge in [-0.1, -0.05) is 34.1 Å². The smallest absolute Gasteiger partial charge is 0.129 e. The molecule has 1 nitrogen and oxygen atoms in total. The first-order valence-electron chi connectivity index (χ1n) is 11.7. The van der Waals surface area contributed by atoms with E-state index in [-0.39, 0.29) is 0 Å². The van der Waals surface area contributed by atoms with Gasteiger partial charge >= 0.3 is 0 Å². The number of ketones is 1. The number of carbonyl (C=O) groups is 1. The van der Waals surface area contributed by atoms with Crippen molar-refractivity contribution in [1.82, 2.24) is 0 Å². The topological polar surface area (TPSA) is 17.1 Å². The van der Waals surface area contributed by atoms with Crippen LogP contribution in [0.5, 0.6) is 0 Å². The van der Waals surface area contributed by atoms with Gasteiger partial charge in [0.2, 0.25) is 0 Å². The van der Waals surface area contributed by atoms with Crippen molar-refractivity contribution in [2.45, 2.75) is 105 Å². The normalized spacial score (nSPS) is 53.5. The molecule has 4 aliphatic rings. The van der Waals surface area contributed by atoms with E-state index in [0.29, 0.717) is 22.0 Å². The summed E-state index contributed by atoms with van der Waals surface area (Å²) in [5.41, 5.74) is 1.58. The van der Waals surface area contributed by atoms with Gasteiger partial charge in [-0.2, -0.15) is 0 Å². The highest BCUT2D eigenvalue weighted by Gasteiger charge is 2.61. The zero-order valence-corrected chi connectivity index (χ0v) is 18.1. The summed E-state index contributed by atoms with van der Waals surface area (Å²) in [6.07, 6.45) is 15.1. The van der Waals surface area contributed by atoms with Crippen LogP contribution in [0, 0.1) is 45.8 Å². The second-order valence-electron chi connectivity index (χ2n) is 11.7. The average Bonchev–Trinajstić information content (AvgIpc) is 2.99. The van der Waals surface area contributed by atoms with Crippen molar-refractivity contribution < 1.29 is 4.79 Å². The standard InChI is InChI=1S/C25H42O/c1-17-10-15-25(5)21-12-14-23(3)13-6-7-20(23)19(21)8-9-22(25)24(17,4)16-11-18(2)26/h17,19-22H,6-16H2,1-5H3. The predicted octanol–water partition coefficient (Wildman–Crippen LogP) is 7.04. The predicted molar refractivity (Wildman–Crippen MR) is 109 cm³/mol. The highest BCUT2D eigenvalue weighted by atomic mass is 16.1. The third kappa shape index (κ3) is 2.66. The summed E-state index contributed by atoms with van der Waals surface area (Å²) in [7, 11) is 0. The Labute approximate surface area is 162 Å². The van der Waals surface area contributed by atoms with E-state index >= 15 is 0 Å². The fraction of sp³-hybridized carbons (Fsp3) is 0.960. The largest absolute Gasteiger partial charge is 0.300 e.